The summed E-state index contributed by atoms with van der Waals surface area (Å²) in [5, 5.41) is 12.8. The van der Waals surface area contributed by atoms with Crippen LogP contribution in [0.3, 0.4) is 0 Å². The number of benzene rings is 1. The van der Waals surface area contributed by atoms with E-state index in [1.807, 2.05) is 18.2 Å². The van der Waals surface area contributed by atoms with Gasteiger partial charge in [0.05, 0.1) is 6.10 Å². The second kappa shape index (κ2) is 6.79. The fraction of sp³-hybridized carbons (Fsp3) is 0.600. The lowest BCUT2D eigenvalue weighted by Gasteiger charge is -2.27. The number of nitrogens with zero attached hydrogens (tertiary/aromatic N) is 1. The molecule has 2 N–H and O–H groups in total. The zero-order valence-electron chi connectivity index (χ0n) is 15.2. The smallest absolute Gasteiger partial charge is 0.247 e. The normalized spacial score (nSPS) is 24.6. The predicted molar refractivity (Wildman–Crippen MR) is 95.9 cm³/mol. The summed E-state index contributed by atoms with van der Waals surface area (Å²) in [6, 6.07) is 9.36. The molecular weight excluding hydrogens is 316 g/mol. The number of hydrogen-bond donors (Lipinski definition) is 2. The number of carbonyl (C=O) groups excluding carboxylic acids is 2. The molecule has 3 unspecified atom stereocenters. The van der Waals surface area contributed by atoms with E-state index in [0.717, 1.165) is 12.8 Å². The fourth-order valence-electron chi connectivity index (χ4n) is 3.75. The predicted octanol–water partition coefficient (Wildman–Crippen LogP) is 1.91. The lowest BCUT2D eigenvalue weighted by atomic mass is 9.78. The monoisotopic (exact) mass is 344 g/mol. The number of likely N-dealkylation sites (tertiary alicyclic amines) is 1. The number of aliphatic hydroxyl groups excluding tert-OH is 1. The average molecular weight is 344 g/mol. The van der Waals surface area contributed by atoms with Crippen LogP contribution in [0.5, 0.6) is 0 Å². The minimum absolute atomic E-state index is 0.0149. The Morgan fingerprint density at radius 1 is 1.24 bits per heavy atom. The van der Waals surface area contributed by atoms with Gasteiger partial charge in [-0.05, 0) is 30.7 Å². The largest absolute Gasteiger partial charge is 0.391 e. The first-order valence-electron chi connectivity index (χ1n) is 9.12. The highest BCUT2D eigenvalue weighted by molar-refractivity contribution is 5.90. The molecule has 0 spiro atoms. The molecule has 1 saturated carbocycles. The van der Waals surface area contributed by atoms with Crippen molar-refractivity contribution in [3.8, 4) is 0 Å². The lowest BCUT2D eigenvalue weighted by molar-refractivity contribution is -0.139. The summed E-state index contributed by atoms with van der Waals surface area (Å²) in [6.45, 7) is 7.12. The van der Waals surface area contributed by atoms with Crippen LogP contribution in [0.2, 0.25) is 0 Å². The summed E-state index contributed by atoms with van der Waals surface area (Å²) < 4.78 is 0. The van der Waals surface area contributed by atoms with Crippen LogP contribution in [0.1, 0.15) is 45.1 Å². The van der Waals surface area contributed by atoms with Crippen LogP contribution >= 0.6 is 0 Å². The van der Waals surface area contributed by atoms with E-state index in [9.17, 15) is 14.7 Å². The summed E-state index contributed by atoms with van der Waals surface area (Å²) >= 11 is 0. The second-order valence-electron chi connectivity index (χ2n) is 8.17. The maximum absolute atomic E-state index is 13.0. The van der Waals surface area contributed by atoms with Crippen LogP contribution < -0.4 is 5.32 Å². The Hall–Kier alpha value is -1.88. The zero-order valence-corrected chi connectivity index (χ0v) is 15.2. The van der Waals surface area contributed by atoms with Gasteiger partial charge in [0.25, 0.3) is 0 Å². The molecule has 136 valence electrons. The van der Waals surface area contributed by atoms with E-state index < -0.39 is 12.1 Å². The molecule has 3 rings (SSSR count). The van der Waals surface area contributed by atoms with Crippen molar-refractivity contribution in [1.29, 1.82) is 0 Å². The molecule has 3 atom stereocenters. The van der Waals surface area contributed by atoms with Crippen LogP contribution in [-0.4, -0.2) is 47.1 Å². The third kappa shape index (κ3) is 3.87. The highest BCUT2D eigenvalue weighted by Gasteiger charge is 2.44. The van der Waals surface area contributed by atoms with Crippen molar-refractivity contribution in [1.82, 2.24) is 10.2 Å². The number of aliphatic hydroxyl groups is 1. The molecule has 0 radical (unpaired) electrons. The molecule has 2 aliphatic rings. The molecule has 2 amide bonds. The Morgan fingerprint density at radius 2 is 1.88 bits per heavy atom. The molecular formula is C20H28N2O3. The van der Waals surface area contributed by atoms with E-state index in [4.69, 9.17) is 0 Å². The van der Waals surface area contributed by atoms with Crippen LogP contribution in [0, 0.1) is 11.3 Å². The van der Waals surface area contributed by atoms with Crippen LogP contribution in [0.15, 0.2) is 30.3 Å². The number of hydrogen-bond acceptors (Lipinski definition) is 3. The van der Waals surface area contributed by atoms with Gasteiger partial charge in [-0.1, -0.05) is 44.2 Å². The first kappa shape index (κ1) is 17.9. The van der Waals surface area contributed by atoms with Crippen molar-refractivity contribution in [3.63, 3.8) is 0 Å². The molecule has 1 saturated heterocycles. The third-order valence-corrected chi connectivity index (χ3v) is 5.45. The van der Waals surface area contributed by atoms with E-state index in [-0.39, 0.29) is 29.1 Å². The molecule has 1 aromatic rings. The first-order chi connectivity index (χ1) is 11.8. The summed E-state index contributed by atoms with van der Waals surface area (Å²) in [4.78, 5) is 26.8. The van der Waals surface area contributed by atoms with Gasteiger partial charge in [0.1, 0.15) is 6.04 Å². The van der Waals surface area contributed by atoms with Crippen LogP contribution in [0.4, 0.5) is 0 Å². The number of rotatable bonds is 5. The van der Waals surface area contributed by atoms with Gasteiger partial charge < -0.3 is 15.3 Å². The zero-order chi connectivity index (χ0) is 18.2. The Morgan fingerprint density at radius 3 is 2.44 bits per heavy atom. The summed E-state index contributed by atoms with van der Waals surface area (Å²) in [5.74, 6) is -0.0413. The summed E-state index contributed by atoms with van der Waals surface area (Å²) in [7, 11) is 0. The van der Waals surface area contributed by atoms with Crippen molar-refractivity contribution >= 4 is 11.8 Å². The van der Waals surface area contributed by atoms with Gasteiger partial charge >= 0.3 is 0 Å². The summed E-state index contributed by atoms with van der Waals surface area (Å²) in [6.07, 6.45) is 0.841. The molecule has 5 heteroatoms. The molecule has 0 aromatic heterocycles. The molecule has 2 fully saturated rings. The lowest BCUT2D eigenvalue weighted by Crippen LogP contribution is -2.53. The SMILES string of the molecule is CC(O)C(NC(=O)C1CC1)C(=O)N1CC(c2ccccc2)C(C)(C)C1. The number of nitrogens with one attached hydrogen (secondary N) is 1. The summed E-state index contributed by atoms with van der Waals surface area (Å²) in [5.41, 5.74) is 1.17. The highest BCUT2D eigenvalue weighted by Crippen LogP contribution is 2.42. The minimum atomic E-state index is -0.908. The van der Waals surface area contributed by atoms with Crippen LogP contribution in [0.25, 0.3) is 0 Å². The van der Waals surface area contributed by atoms with Gasteiger partial charge in [-0.2, -0.15) is 0 Å². The topological polar surface area (TPSA) is 69.6 Å². The number of amides is 2. The number of carbonyl (C=O) groups is 2. The molecule has 5 nitrogen and oxygen atoms in total. The maximum atomic E-state index is 13.0. The third-order valence-electron chi connectivity index (χ3n) is 5.45. The van der Waals surface area contributed by atoms with Gasteiger partial charge in [-0.15, -0.1) is 0 Å². The van der Waals surface area contributed by atoms with E-state index in [2.05, 4.69) is 31.3 Å². The van der Waals surface area contributed by atoms with E-state index in [0.29, 0.717) is 13.1 Å². The van der Waals surface area contributed by atoms with Gasteiger partial charge in [0.2, 0.25) is 11.8 Å². The maximum Gasteiger partial charge on any atom is 0.247 e. The Balaban J connectivity index is 1.73. The highest BCUT2D eigenvalue weighted by atomic mass is 16.3. The Labute approximate surface area is 149 Å². The van der Waals surface area contributed by atoms with Gasteiger partial charge in [0, 0.05) is 24.9 Å². The minimum Gasteiger partial charge on any atom is -0.391 e. The van der Waals surface area contributed by atoms with Crippen molar-refractivity contribution in [2.24, 2.45) is 11.3 Å². The molecule has 1 aliphatic carbocycles. The van der Waals surface area contributed by atoms with Crippen LogP contribution in [-0.2, 0) is 9.59 Å². The quantitative estimate of drug-likeness (QED) is 0.857. The molecule has 1 aliphatic heterocycles. The fourth-order valence-corrected chi connectivity index (χ4v) is 3.75. The first-order valence-corrected chi connectivity index (χ1v) is 9.12. The molecule has 1 heterocycles. The van der Waals surface area contributed by atoms with Crippen molar-refractivity contribution in [2.75, 3.05) is 13.1 Å². The van der Waals surface area contributed by atoms with E-state index >= 15 is 0 Å². The molecule has 25 heavy (non-hydrogen) atoms. The molecule has 0 bridgehead atoms. The van der Waals surface area contributed by atoms with Gasteiger partial charge in [-0.3, -0.25) is 9.59 Å². The van der Waals surface area contributed by atoms with Crippen molar-refractivity contribution in [3.05, 3.63) is 35.9 Å². The molecule has 1 aromatic carbocycles. The Kier molecular flexibility index (Phi) is 4.87. The van der Waals surface area contributed by atoms with E-state index in [1.165, 1.54) is 5.56 Å². The van der Waals surface area contributed by atoms with Crippen molar-refractivity contribution < 1.29 is 14.7 Å². The van der Waals surface area contributed by atoms with Gasteiger partial charge in [-0.25, -0.2) is 0 Å². The average Bonchev–Trinajstić information content (AvgIpc) is 3.36. The van der Waals surface area contributed by atoms with E-state index in [1.54, 1.807) is 11.8 Å². The Bertz CT molecular complexity index is 638. The van der Waals surface area contributed by atoms with Crippen molar-refractivity contribution in [2.45, 2.75) is 51.7 Å². The second-order valence-corrected chi connectivity index (χ2v) is 8.17. The van der Waals surface area contributed by atoms with Gasteiger partial charge in [0.15, 0.2) is 0 Å². The standard InChI is InChI=1S/C20H28N2O3/c1-13(23)17(21-18(24)15-9-10-15)19(25)22-11-16(20(2,3)12-22)14-7-5-4-6-8-14/h4-8,13,15-17,23H,9-12H2,1-3H3,(H,21,24).